The van der Waals surface area contributed by atoms with Gasteiger partial charge in [-0.15, -0.1) is 0 Å². The van der Waals surface area contributed by atoms with Crippen LogP contribution in [0.3, 0.4) is 0 Å². The van der Waals surface area contributed by atoms with Crippen LogP contribution in [-0.4, -0.2) is 20.5 Å². The third-order valence-electron chi connectivity index (χ3n) is 2.12. The summed E-state index contributed by atoms with van der Waals surface area (Å²) in [5.41, 5.74) is 1.77. The molecule has 0 saturated carbocycles. The van der Waals surface area contributed by atoms with Gasteiger partial charge in [-0.25, -0.2) is 4.98 Å². The Hall–Kier alpha value is -1.55. The maximum Gasteiger partial charge on any atom is 0.311 e. The van der Waals surface area contributed by atoms with E-state index in [9.17, 15) is 4.79 Å². The van der Waals surface area contributed by atoms with E-state index in [1.54, 1.807) is 4.40 Å². The smallest absolute Gasteiger partial charge is 0.311 e. The molecule has 0 aliphatic rings. The van der Waals surface area contributed by atoms with Crippen LogP contribution in [0.1, 0.15) is 11.4 Å². The number of aryl methyl sites for hydroxylation is 1. The predicted octanol–water partition coefficient (Wildman–Crippen LogP) is 1.92. The van der Waals surface area contributed by atoms with E-state index in [2.05, 4.69) is 4.98 Å². The van der Waals surface area contributed by atoms with Crippen LogP contribution in [0.15, 0.2) is 18.3 Å². The molecule has 0 saturated heterocycles. The Labute approximate surface area is 91.1 Å². The average molecular weight is 225 g/mol. The molecule has 5 heteroatoms. The third-order valence-corrected chi connectivity index (χ3v) is 2.40. The number of carboxylic acids is 1. The number of nitrogens with zero attached hydrogens (tertiary/aromatic N) is 2. The van der Waals surface area contributed by atoms with Crippen LogP contribution in [0.4, 0.5) is 0 Å². The lowest BCUT2D eigenvalue weighted by Gasteiger charge is -1.99. The molecule has 0 unspecified atom stereocenters. The molecule has 0 aliphatic carbocycles. The number of aromatic nitrogens is 2. The fraction of sp³-hybridized carbons (Fsp3) is 0.200. The Morgan fingerprint density at radius 2 is 2.33 bits per heavy atom. The highest BCUT2D eigenvalue weighted by Crippen LogP contribution is 2.19. The molecule has 2 aromatic heterocycles. The van der Waals surface area contributed by atoms with Crippen LogP contribution in [0.5, 0.6) is 0 Å². The van der Waals surface area contributed by atoms with Gasteiger partial charge >= 0.3 is 5.97 Å². The van der Waals surface area contributed by atoms with Crippen LogP contribution >= 0.6 is 11.6 Å². The molecule has 0 fully saturated rings. The summed E-state index contributed by atoms with van der Waals surface area (Å²) >= 11 is 5.89. The van der Waals surface area contributed by atoms with Gasteiger partial charge in [-0.2, -0.15) is 0 Å². The van der Waals surface area contributed by atoms with Crippen LogP contribution in [-0.2, 0) is 11.2 Å². The number of halogens is 1. The second kappa shape index (κ2) is 3.55. The van der Waals surface area contributed by atoms with Gasteiger partial charge in [0.25, 0.3) is 0 Å². The van der Waals surface area contributed by atoms with E-state index in [4.69, 9.17) is 16.7 Å². The maximum atomic E-state index is 10.6. The number of rotatable bonds is 2. The Kier molecular flexibility index (Phi) is 2.36. The van der Waals surface area contributed by atoms with E-state index in [0.29, 0.717) is 11.0 Å². The molecule has 0 aliphatic heterocycles. The topological polar surface area (TPSA) is 54.6 Å². The summed E-state index contributed by atoms with van der Waals surface area (Å²) in [7, 11) is 0. The summed E-state index contributed by atoms with van der Waals surface area (Å²) in [4.78, 5) is 14.6. The zero-order chi connectivity index (χ0) is 11.0. The first-order chi connectivity index (χ1) is 7.08. The van der Waals surface area contributed by atoms with Crippen LogP contribution in [0.2, 0.25) is 5.15 Å². The predicted molar refractivity (Wildman–Crippen MR) is 56.3 cm³/mol. The second-order valence-corrected chi connectivity index (χ2v) is 3.71. The van der Waals surface area contributed by atoms with Crippen LogP contribution in [0, 0.1) is 6.92 Å². The van der Waals surface area contributed by atoms with Gasteiger partial charge < -0.3 is 9.51 Å². The van der Waals surface area contributed by atoms with Gasteiger partial charge in [-0.05, 0) is 18.6 Å². The maximum absolute atomic E-state index is 10.6. The Balaban J connectivity index is 2.64. The minimum Gasteiger partial charge on any atom is -0.481 e. The largest absolute Gasteiger partial charge is 0.481 e. The van der Waals surface area contributed by atoms with Gasteiger partial charge in [0.2, 0.25) is 0 Å². The Morgan fingerprint density at radius 3 is 3.00 bits per heavy atom. The average Bonchev–Trinajstić information content (AvgIpc) is 2.42. The molecule has 2 heterocycles. The molecule has 15 heavy (non-hydrogen) atoms. The lowest BCUT2D eigenvalue weighted by molar-refractivity contribution is -0.136. The number of hydrogen-bond donors (Lipinski definition) is 1. The highest BCUT2D eigenvalue weighted by molar-refractivity contribution is 6.32. The highest BCUT2D eigenvalue weighted by atomic mass is 35.5. The van der Waals surface area contributed by atoms with Gasteiger partial charge in [0.05, 0.1) is 5.52 Å². The minimum atomic E-state index is -0.917. The Morgan fingerprint density at radius 1 is 1.60 bits per heavy atom. The fourth-order valence-electron chi connectivity index (χ4n) is 1.47. The van der Waals surface area contributed by atoms with Crippen molar-refractivity contribution in [3.05, 3.63) is 34.9 Å². The summed E-state index contributed by atoms with van der Waals surface area (Å²) < 4.78 is 1.71. The highest BCUT2D eigenvalue weighted by Gasteiger charge is 2.11. The van der Waals surface area contributed by atoms with E-state index in [1.165, 1.54) is 0 Å². The SMILES string of the molecule is Cc1ccc2c(Cl)nc(CC(=O)O)n2c1. The minimum absolute atomic E-state index is 0.128. The van der Waals surface area contributed by atoms with Crippen molar-refractivity contribution in [2.45, 2.75) is 13.3 Å². The van der Waals surface area contributed by atoms with Gasteiger partial charge in [-0.3, -0.25) is 4.79 Å². The van der Waals surface area contributed by atoms with Crippen molar-refractivity contribution < 1.29 is 9.90 Å². The lowest BCUT2D eigenvalue weighted by Crippen LogP contribution is -2.04. The molecule has 0 amide bonds. The van der Waals surface area contributed by atoms with Crippen LogP contribution < -0.4 is 0 Å². The first-order valence-electron chi connectivity index (χ1n) is 4.43. The van der Waals surface area contributed by atoms with Gasteiger partial charge in [0.15, 0.2) is 5.15 Å². The van der Waals surface area contributed by atoms with E-state index >= 15 is 0 Å². The fourth-order valence-corrected chi connectivity index (χ4v) is 1.72. The number of imidazole rings is 1. The van der Waals surface area contributed by atoms with E-state index in [-0.39, 0.29) is 6.42 Å². The standard InChI is InChI=1S/C10H9ClN2O2/c1-6-2-3-7-10(11)12-8(4-9(14)15)13(7)5-6/h2-3,5H,4H2,1H3,(H,14,15). The van der Waals surface area contributed by atoms with Gasteiger partial charge in [0.1, 0.15) is 12.2 Å². The van der Waals surface area contributed by atoms with E-state index in [0.717, 1.165) is 11.1 Å². The number of aliphatic carboxylic acids is 1. The molecular weight excluding hydrogens is 216 g/mol. The number of carbonyl (C=O) groups is 1. The molecule has 2 rings (SSSR count). The second-order valence-electron chi connectivity index (χ2n) is 3.35. The molecular formula is C10H9ClN2O2. The quantitative estimate of drug-likeness (QED) is 0.848. The summed E-state index contributed by atoms with van der Waals surface area (Å²) in [5.74, 6) is -0.466. The molecule has 1 N–H and O–H groups in total. The van der Waals surface area contributed by atoms with Gasteiger partial charge in [0, 0.05) is 6.20 Å². The normalized spacial score (nSPS) is 10.8. The number of hydrogen-bond acceptors (Lipinski definition) is 2. The number of carboxylic acid groups (broad SMARTS) is 1. The monoisotopic (exact) mass is 224 g/mol. The van der Waals surface area contributed by atoms with Crippen molar-refractivity contribution in [2.24, 2.45) is 0 Å². The van der Waals surface area contributed by atoms with E-state index < -0.39 is 5.97 Å². The summed E-state index contributed by atoms with van der Waals surface area (Å²) in [5, 5.41) is 9.05. The lowest BCUT2D eigenvalue weighted by atomic mass is 10.3. The summed E-state index contributed by atoms with van der Waals surface area (Å²) in [6, 6.07) is 3.74. The Bertz CT molecular complexity index is 533. The molecule has 0 radical (unpaired) electrons. The first-order valence-corrected chi connectivity index (χ1v) is 4.80. The van der Waals surface area contributed by atoms with Gasteiger partial charge in [-0.1, -0.05) is 17.7 Å². The molecule has 2 aromatic rings. The first kappa shape index (κ1) is 9.98. The summed E-state index contributed by atoms with van der Waals surface area (Å²) in [6.45, 7) is 1.93. The van der Waals surface area contributed by atoms with Crippen molar-refractivity contribution in [3.63, 3.8) is 0 Å². The van der Waals surface area contributed by atoms with Crippen LogP contribution in [0.25, 0.3) is 5.52 Å². The molecule has 0 spiro atoms. The summed E-state index contributed by atoms with van der Waals surface area (Å²) in [6.07, 6.45) is 1.70. The molecule has 0 aromatic carbocycles. The van der Waals surface area contributed by atoms with Crippen molar-refractivity contribution in [1.29, 1.82) is 0 Å². The number of pyridine rings is 1. The number of fused-ring (bicyclic) bond motifs is 1. The zero-order valence-corrected chi connectivity index (χ0v) is 8.82. The molecule has 4 nitrogen and oxygen atoms in total. The van der Waals surface area contributed by atoms with Crippen molar-refractivity contribution in [2.75, 3.05) is 0 Å². The zero-order valence-electron chi connectivity index (χ0n) is 8.07. The van der Waals surface area contributed by atoms with Crippen molar-refractivity contribution >= 4 is 23.1 Å². The molecule has 78 valence electrons. The molecule has 0 bridgehead atoms. The molecule has 0 atom stereocenters. The third kappa shape index (κ3) is 1.80. The van der Waals surface area contributed by atoms with Crippen molar-refractivity contribution in [3.8, 4) is 0 Å². The van der Waals surface area contributed by atoms with E-state index in [1.807, 2.05) is 25.3 Å². The van der Waals surface area contributed by atoms with Crippen molar-refractivity contribution in [1.82, 2.24) is 9.38 Å².